The molecule has 1 atom stereocenters. The number of nitrogens with one attached hydrogen (secondary N) is 3. The first kappa shape index (κ1) is 9.94. The van der Waals surface area contributed by atoms with Crippen molar-refractivity contribution in [3.8, 4) is 0 Å². The Hall–Kier alpha value is -1.14. The number of rotatable bonds is 3. The number of carbonyl (C=O) groups excluding carboxylic acids is 1. The molecule has 0 aliphatic carbocycles. The monoisotopic (exact) mass is 201 g/mol. The normalized spacial score (nSPS) is 12.5. The molecule has 1 aromatic heterocycles. The second-order valence-corrected chi connectivity index (χ2v) is 3.12. The van der Waals surface area contributed by atoms with E-state index in [9.17, 15) is 4.79 Å². The molecule has 0 saturated heterocycles. The zero-order valence-corrected chi connectivity index (χ0v) is 7.94. The molecule has 6 heteroatoms. The molecule has 72 valence electrons. The molecule has 4 N–H and O–H groups in total. The minimum absolute atomic E-state index is 0.0864. The van der Waals surface area contributed by atoms with Crippen LogP contribution in [0, 0.1) is 4.77 Å². The number of aliphatic hydroxyl groups excluding tert-OH is 1. The Labute approximate surface area is 80.2 Å². The largest absolute Gasteiger partial charge is 0.394 e. The van der Waals surface area contributed by atoms with Gasteiger partial charge < -0.3 is 20.4 Å². The van der Waals surface area contributed by atoms with E-state index in [2.05, 4.69) is 15.3 Å². The molecule has 0 radical (unpaired) electrons. The number of aromatic nitrogens is 2. The molecule has 0 fully saturated rings. The zero-order valence-electron chi connectivity index (χ0n) is 7.13. The molecule has 0 aliphatic heterocycles. The van der Waals surface area contributed by atoms with Crippen LogP contribution in [0.15, 0.2) is 6.20 Å². The summed E-state index contributed by atoms with van der Waals surface area (Å²) in [5.74, 6) is -0.283. The summed E-state index contributed by atoms with van der Waals surface area (Å²) in [6.07, 6.45) is 1.49. The lowest BCUT2D eigenvalue weighted by molar-refractivity contribution is 0.0917. The van der Waals surface area contributed by atoms with E-state index in [1.54, 1.807) is 6.92 Å². The van der Waals surface area contributed by atoms with Crippen molar-refractivity contribution >= 4 is 18.1 Å². The molecule has 13 heavy (non-hydrogen) atoms. The fourth-order valence-electron chi connectivity index (χ4n) is 0.802. The highest BCUT2D eigenvalue weighted by molar-refractivity contribution is 7.71. The Bertz CT molecular complexity index is 344. The second kappa shape index (κ2) is 4.20. The smallest absolute Gasteiger partial charge is 0.269 e. The van der Waals surface area contributed by atoms with Crippen LogP contribution in [0.5, 0.6) is 0 Å². The van der Waals surface area contributed by atoms with E-state index >= 15 is 0 Å². The van der Waals surface area contributed by atoms with Gasteiger partial charge in [-0.2, -0.15) is 0 Å². The van der Waals surface area contributed by atoms with Crippen LogP contribution < -0.4 is 5.32 Å². The average Bonchev–Trinajstić information content (AvgIpc) is 2.51. The van der Waals surface area contributed by atoms with Crippen LogP contribution >= 0.6 is 12.2 Å². The van der Waals surface area contributed by atoms with Gasteiger partial charge in [-0.3, -0.25) is 4.79 Å². The highest BCUT2D eigenvalue weighted by atomic mass is 32.1. The van der Waals surface area contributed by atoms with E-state index in [-0.39, 0.29) is 18.6 Å². The fourth-order valence-corrected chi connectivity index (χ4v) is 0.971. The molecule has 0 bridgehead atoms. The second-order valence-electron chi connectivity index (χ2n) is 2.71. The Morgan fingerprint density at radius 3 is 3.00 bits per heavy atom. The molecule has 0 saturated carbocycles. The predicted octanol–water partition coefficient (Wildman–Crippen LogP) is 0.183. The molecule has 1 aromatic rings. The topological polar surface area (TPSA) is 80.9 Å². The van der Waals surface area contributed by atoms with Gasteiger partial charge in [0.15, 0.2) is 4.77 Å². The van der Waals surface area contributed by atoms with Gasteiger partial charge in [-0.05, 0) is 19.1 Å². The summed E-state index contributed by atoms with van der Waals surface area (Å²) < 4.78 is 0.404. The van der Waals surface area contributed by atoms with Crippen LogP contribution in [-0.2, 0) is 0 Å². The number of hydrogen-bond donors (Lipinski definition) is 4. The summed E-state index contributed by atoms with van der Waals surface area (Å²) in [4.78, 5) is 16.7. The maximum atomic E-state index is 11.3. The van der Waals surface area contributed by atoms with E-state index in [4.69, 9.17) is 17.3 Å². The van der Waals surface area contributed by atoms with Crippen molar-refractivity contribution in [1.82, 2.24) is 15.3 Å². The van der Waals surface area contributed by atoms with Gasteiger partial charge in [0.25, 0.3) is 5.91 Å². The molecule has 0 spiro atoms. The third-order valence-corrected chi connectivity index (χ3v) is 1.71. The Morgan fingerprint density at radius 2 is 2.54 bits per heavy atom. The van der Waals surface area contributed by atoms with Crippen LogP contribution in [0.25, 0.3) is 0 Å². The average molecular weight is 201 g/mol. The van der Waals surface area contributed by atoms with E-state index in [0.29, 0.717) is 10.5 Å². The van der Waals surface area contributed by atoms with E-state index in [0.717, 1.165) is 0 Å². The summed E-state index contributed by atoms with van der Waals surface area (Å²) in [7, 11) is 0. The Kier molecular flexibility index (Phi) is 3.21. The van der Waals surface area contributed by atoms with Gasteiger partial charge in [-0.25, -0.2) is 0 Å². The number of imidazole rings is 1. The molecule has 5 nitrogen and oxygen atoms in total. The molecular weight excluding hydrogens is 190 g/mol. The van der Waals surface area contributed by atoms with Gasteiger partial charge in [0.1, 0.15) is 5.69 Å². The van der Waals surface area contributed by atoms with E-state index in [1.807, 2.05) is 0 Å². The maximum Gasteiger partial charge on any atom is 0.269 e. The quantitative estimate of drug-likeness (QED) is 0.527. The van der Waals surface area contributed by atoms with Gasteiger partial charge >= 0.3 is 0 Å². The number of aromatic amines is 2. The van der Waals surface area contributed by atoms with Crippen molar-refractivity contribution in [2.24, 2.45) is 0 Å². The highest BCUT2D eigenvalue weighted by Gasteiger charge is 2.09. The van der Waals surface area contributed by atoms with Crippen LogP contribution in [0.3, 0.4) is 0 Å². The molecule has 0 aromatic carbocycles. The molecule has 1 rings (SSSR count). The molecular formula is C7H11N3O2S. The Morgan fingerprint density at radius 1 is 1.85 bits per heavy atom. The van der Waals surface area contributed by atoms with Crippen LogP contribution in [0.1, 0.15) is 17.4 Å². The Balaban J connectivity index is 2.64. The van der Waals surface area contributed by atoms with Crippen molar-refractivity contribution in [3.63, 3.8) is 0 Å². The first-order valence-electron chi connectivity index (χ1n) is 3.83. The number of amides is 1. The molecule has 1 amide bonds. The van der Waals surface area contributed by atoms with Gasteiger partial charge in [0.05, 0.1) is 6.61 Å². The van der Waals surface area contributed by atoms with Gasteiger partial charge in [0, 0.05) is 12.2 Å². The number of aliphatic hydroxyl groups is 1. The standard InChI is InChI=1S/C7H11N3O2S/c1-4(3-11)9-6(12)5-2-8-7(13)10-5/h2,4,11H,3H2,1H3,(H,9,12)(H2,8,10,13). The SMILES string of the molecule is CC(CO)NC(=O)c1c[nH]c(=S)[nH]1. The van der Waals surface area contributed by atoms with Crippen LogP contribution in [0.2, 0.25) is 0 Å². The fraction of sp³-hybridized carbons (Fsp3) is 0.429. The van der Waals surface area contributed by atoms with Crippen molar-refractivity contribution in [3.05, 3.63) is 16.7 Å². The number of carbonyl (C=O) groups is 1. The van der Waals surface area contributed by atoms with Crippen molar-refractivity contribution < 1.29 is 9.90 Å². The van der Waals surface area contributed by atoms with Gasteiger partial charge in [-0.15, -0.1) is 0 Å². The van der Waals surface area contributed by atoms with Crippen molar-refractivity contribution in [1.29, 1.82) is 0 Å². The lowest BCUT2D eigenvalue weighted by atomic mass is 10.3. The van der Waals surface area contributed by atoms with Gasteiger partial charge in [-0.1, -0.05) is 0 Å². The van der Waals surface area contributed by atoms with Crippen molar-refractivity contribution in [2.75, 3.05) is 6.61 Å². The summed E-state index contributed by atoms with van der Waals surface area (Å²) in [6.45, 7) is 1.62. The molecule has 1 heterocycles. The summed E-state index contributed by atoms with van der Waals surface area (Å²) >= 11 is 4.75. The summed E-state index contributed by atoms with van der Waals surface area (Å²) in [6, 6.07) is -0.260. The maximum absolute atomic E-state index is 11.3. The highest BCUT2D eigenvalue weighted by Crippen LogP contribution is 1.93. The minimum atomic E-state index is -0.283. The van der Waals surface area contributed by atoms with Gasteiger partial charge in [0.2, 0.25) is 0 Å². The van der Waals surface area contributed by atoms with Crippen LogP contribution in [0.4, 0.5) is 0 Å². The van der Waals surface area contributed by atoms with Crippen molar-refractivity contribution in [2.45, 2.75) is 13.0 Å². The van der Waals surface area contributed by atoms with Crippen LogP contribution in [-0.4, -0.2) is 33.6 Å². The minimum Gasteiger partial charge on any atom is -0.394 e. The predicted molar refractivity (Wildman–Crippen MR) is 50.0 cm³/mol. The third-order valence-electron chi connectivity index (χ3n) is 1.49. The lowest BCUT2D eigenvalue weighted by Gasteiger charge is -2.08. The summed E-state index contributed by atoms with van der Waals surface area (Å²) in [5, 5.41) is 11.3. The number of hydrogen-bond acceptors (Lipinski definition) is 3. The third kappa shape index (κ3) is 2.67. The zero-order chi connectivity index (χ0) is 9.84. The molecule has 0 aliphatic rings. The number of H-pyrrole nitrogens is 2. The first-order chi connectivity index (χ1) is 6.13. The first-order valence-corrected chi connectivity index (χ1v) is 4.23. The van der Waals surface area contributed by atoms with E-state index in [1.165, 1.54) is 6.20 Å². The van der Waals surface area contributed by atoms with E-state index < -0.39 is 0 Å². The summed E-state index contributed by atoms with van der Waals surface area (Å²) in [5.41, 5.74) is 0.366. The lowest BCUT2D eigenvalue weighted by Crippen LogP contribution is -2.35. The molecule has 1 unspecified atom stereocenters.